The Hall–Kier alpha value is -0.840. The Morgan fingerprint density at radius 1 is 0.395 bits per heavy atom. The molecule has 5 nitrogen and oxygen atoms in total. The van der Waals surface area contributed by atoms with Crippen molar-refractivity contribution in [2.75, 3.05) is 7.05 Å². The first-order valence-electron chi connectivity index (χ1n) is 19.6. The highest BCUT2D eigenvalue weighted by Crippen LogP contribution is 2.26. The van der Waals surface area contributed by atoms with Gasteiger partial charge in [0.05, 0.1) is 17.7 Å². The van der Waals surface area contributed by atoms with Gasteiger partial charge in [0.2, 0.25) is 0 Å². The minimum atomic E-state index is -1.75. The van der Waals surface area contributed by atoms with Crippen molar-refractivity contribution in [3.8, 4) is 0 Å². The molecule has 0 radical (unpaired) electrons. The van der Waals surface area contributed by atoms with E-state index in [2.05, 4.69) is 33.1 Å². The lowest BCUT2D eigenvalue weighted by Crippen LogP contribution is -2.93. The van der Waals surface area contributed by atoms with E-state index in [9.17, 15) is 0 Å². The lowest BCUT2D eigenvalue weighted by molar-refractivity contribution is -0.707. The van der Waals surface area contributed by atoms with Gasteiger partial charge < -0.3 is 20.6 Å². The van der Waals surface area contributed by atoms with Crippen LogP contribution in [0.25, 0.3) is 0 Å². The van der Waals surface area contributed by atoms with E-state index in [1.807, 2.05) is 0 Å². The number of rotatable bonds is 34. The summed E-state index contributed by atoms with van der Waals surface area (Å²) in [6.45, 7) is 6.96. The van der Waals surface area contributed by atoms with E-state index in [-0.39, 0.29) is 0 Å². The fraction of sp³-hybridized carbons (Fsp3) is 1.00. The second kappa shape index (κ2) is 37.3. The topological polar surface area (TPSA) is 82.8 Å². The van der Waals surface area contributed by atoms with Crippen LogP contribution in [-0.2, 0) is 0 Å². The van der Waals surface area contributed by atoms with Crippen LogP contribution in [0, 0.1) is 15.3 Å². The lowest BCUT2D eigenvalue weighted by Gasteiger charge is -2.31. The quantitative estimate of drug-likeness (QED) is 0.0445. The third-order valence-electron chi connectivity index (χ3n) is 9.70. The number of quaternary nitrogens is 1. The Labute approximate surface area is 270 Å². The molecule has 0 heterocycles. The minimum Gasteiger partial charge on any atom is -0.356 e. The van der Waals surface area contributed by atoms with E-state index in [1.54, 1.807) is 0 Å². The molecule has 2 N–H and O–H groups in total. The molecule has 0 unspecified atom stereocenters. The Morgan fingerprint density at radius 2 is 0.558 bits per heavy atom. The highest BCUT2D eigenvalue weighted by molar-refractivity contribution is 4.78. The molecule has 43 heavy (non-hydrogen) atoms. The van der Waals surface area contributed by atoms with Crippen LogP contribution in [0.4, 0.5) is 0 Å². The molecule has 0 atom stereocenters. The number of hydrogen-bond acceptors (Lipinski definition) is 3. The van der Waals surface area contributed by atoms with Crippen molar-refractivity contribution in [3.05, 3.63) is 15.3 Å². The maximum Gasteiger partial charge on any atom is 0.0959 e. The number of unbranched alkanes of at least 4 members (excludes halogenated alkanes) is 27. The highest BCUT2D eigenvalue weighted by Gasteiger charge is 2.30. The average molecular weight is 613 g/mol. The van der Waals surface area contributed by atoms with Crippen LogP contribution in [-0.4, -0.2) is 17.7 Å². The highest BCUT2D eigenvalue weighted by atomic mass is 16.9. The second-order valence-corrected chi connectivity index (χ2v) is 13.7. The molecular formula is C38H80N2O3. The summed E-state index contributed by atoms with van der Waals surface area (Å²) >= 11 is 0. The van der Waals surface area contributed by atoms with E-state index < -0.39 is 5.09 Å². The van der Waals surface area contributed by atoms with Crippen molar-refractivity contribution in [2.45, 2.75) is 238 Å². The molecular weight excluding hydrogens is 532 g/mol. The Kier molecular flexibility index (Phi) is 38.5. The van der Waals surface area contributed by atoms with Gasteiger partial charge in [-0.15, -0.1) is 0 Å². The molecule has 0 saturated heterocycles. The standard InChI is InChI=1S/C38H79N.NO3/c1-5-8-11-14-17-20-23-26-29-32-35-38(39-4,36-33-30-27-24-21-18-15-12-9-6-2)37-34-31-28-25-22-19-16-13-10-7-3;2-1(3)4/h39H,5-37H2,1-4H3;/q;-1/p+1. The third kappa shape index (κ3) is 37.3. The Morgan fingerprint density at radius 3 is 0.721 bits per heavy atom. The van der Waals surface area contributed by atoms with Gasteiger partial charge in [-0.3, -0.25) is 0 Å². The van der Waals surface area contributed by atoms with Crippen molar-refractivity contribution in [1.29, 1.82) is 0 Å². The van der Waals surface area contributed by atoms with Crippen LogP contribution in [0.2, 0.25) is 0 Å². The molecule has 0 amide bonds. The van der Waals surface area contributed by atoms with Gasteiger partial charge in [-0.2, -0.15) is 0 Å². The summed E-state index contributed by atoms with van der Waals surface area (Å²) in [7, 11) is 2.41. The van der Waals surface area contributed by atoms with E-state index >= 15 is 0 Å². The summed E-state index contributed by atoms with van der Waals surface area (Å²) in [5.74, 6) is 0. The van der Waals surface area contributed by atoms with Gasteiger partial charge in [-0.25, -0.2) is 0 Å². The van der Waals surface area contributed by atoms with Crippen molar-refractivity contribution >= 4 is 0 Å². The minimum absolute atomic E-state index is 0.542. The van der Waals surface area contributed by atoms with Crippen molar-refractivity contribution in [2.24, 2.45) is 0 Å². The zero-order chi connectivity index (χ0) is 32.1. The Balaban J connectivity index is 0. The zero-order valence-corrected chi connectivity index (χ0v) is 30.1. The van der Waals surface area contributed by atoms with Gasteiger partial charge in [-0.05, 0) is 19.3 Å². The summed E-state index contributed by atoms with van der Waals surface area (Å²) in [5.41, 5.74) is 0.542. The summed E-state index contributed by atoms with van der Waals surface area (Å²) in [5, 5.41) is 17.4. The maximum absolute atomic E-state index is 8.25. The SMILES string of the molecule is CCCCCCCCCCCCC(CCCCCCCCCCCC)(CCCCCCCCCCCC)[NH2+]C.O=[N+]([O-])[O-]. The fourth-order valence-electron chi connectivity index (χ4n) is 6.70. The van der Waals surface area contributed by atoms with Crippen LogP contribution in [0.5, 0.6) is 0 Å². The van der Waals surface area contributed by atoms with Gasteiger partial charge in [-0.1, -0.05) is 194 Å². The number of nitrogens with two attached hydrogens (primary N) is 1. The molecule has 0 fully saturated rings. The van der Waals surface area contributed by atoms with E-state index in [4.69, 9.17) is 15.3 Å². The van der Waals surface area contributed by atoms with Crippen molar-refractivity contribution < 1.29 is 10.4 Å². The predicted octanol–water partition coefficient (Wildman–Crippen LogP) is 12.6. The van der Waals surface area contributed by atoms with Crippen LogP contribution in [0.15, 0.2) is 0 Å². The van der Waals surface area contributed by atoms with E-state index in [0.717, 1.165) is 0 Å². The summed E-state index contributed by atoms with van der Waals surface area (Å²) in [6, 6.07) is 0. The van der Waals surface area contributed by atoms with Gasteiger partial charge >= 0.3 is 0 Å². The maximum atomic E-state index is 8.25. The molecule has 0 aliphatic heterocycles. The van der Waals surface area contributed by atoms with Crippen LogP contribution in [0.3, 0.4) is 0 Å². The van der Waals surface area contributed by atoms with E-state index in [0.29, 0.717) is 5.54 Å². The average Bonchev–Trinajstić information content (AvgIpc) is 2.99. The van der Waals surface area contributed by atoms with Crippen molar-refractivity contribution in [1.82, 2.24) is 0 Å². The van der Waals surface area contributed by atoms with Gasteiger partial charge in [0.15, 0.2) is 0 Å². The Bertz CT molecular complexity index is 466. The molecule has 0 aromatic rings. The first-order chi connectivity index (χ1) is 21.0. The van der Waals surface area contributed by atoms with Crippen molar-refractivity contribution in [3.63, 3.8) is 0 Å². The monoisotopic (exact) mass is 613 g/mol. The molecule has 0 saturated carbocycles. The normalized spacial score (nSPS) is 11.4. The van der Waals surface area contributed by atoms with Crippen LogP contribution in [0.1, 0.15) is 233 Å². The fourth-order valence-corrected chi connectivity index (χ4v) is 6.70. The molecule has 0 aromatic carbocycles. The molecule has 0 rings (SSSR count). The predicted molar refractivity (Wildman–Crippen MR) is 190 cm³/mol. The summed E-state index contributed by atoms with van der Waals surface area (Å²) in [4.78, 5) is 8.25. The molecule has 5 heteroatoms. The van der Waals surface area contributed by atoms with Gasteiger partial charge in [0.25, 0.3) is 0 Å². The lowest BCUT2D eigenvalue weighted by atomic mass is 9.81. The molecule has 0 spiro atoms. The molecule has 0 aliphatic carbocycles. The van der Waals surface area contributed by atoms with Gasteiger partial charge in [0.1, 0.15) is 0 Å². The second-order valence-electron chi connectivity index (χ2n) is 13.7. The summed E-state index contributed by atoms with van der Waals surface area (Å²) < 4.78 is 0. The summed E-state index contributed by atoms with van der Waals surface area (Å²) in [6.07, 6.45) is 48.2. The first kappa shape index (κ1) is 44.3. The van der Waals surface area contributed by atoms with Gasteiger partial charge in [0, 0.05) is 19.3 Å². The zero-order valence-electron chi connectivity index (χ0n) is 30.1. The third-order valence-corrected chi connectivity index (χ3v) is 9.70. The number of nitrogens with zero attached hydrogens (tertiary/aromatic N) is 1. The molecule has 0 aromatic heterocycles. The van der Waals surface area contributed by atoms with Crippen LogP contribution >= 0.6 is 0 Å². The number of hydrogen-bond donors (Lipinski definition) is 1. The first-order valence-corrected chi connectivity index (χ1v) is 19.6. The van der Waals surface area contributed by atoms with E-state index in [1.165, 1.54) is 212 Å². The van der Waals surface area contributed by atoms with Crippen LogP contribution < -0.4 is 5.32 Å². The largest absolute Gasteiger partial charge is 0.356 e. The molecule has 260 valence electrons. The molecule has 0 bridgehead atoms. The smallest absolute Gasteiger partial charge is 0.0959 e. The molecule has 0 aliphatic rings.